The summed E-state index contributed by atoms with van der Waals surface area (Å²) in [7, 11) is 0. The Morgan fingerprint density at radius 2 is 2.06 bits per heavy atom. The minimum atomic E-state index is -3.09. The zero-order valence-corrected chi connectivity index (χ0v) is 10.0. The highest BCUT2D eigenvalue weighted by molar-refractivity contribution is 5.82. The van der Waals surface area contributed by atoms with Crippen LogP contribution in [0.3, 0.4) is 0 Å². The van der Waals surface area contributed by atoms with Crippen LogP contribution in [0.2, 0.25) is 0 Å². The lowest BCUT2D eigenvalue weighted by atomic mass is 10.1. The molecule has 0 spiro atoms. The molecule has 0 saturated carbocycles. The van der Waals surface area contributed by atoms with Crippen LogP contribution in [-0.2, 0) is 6.54 Å². The van der Waals surface area contributed by atoms with Crippen molar-refractivity contribution in [1.29, 1.82) is 0 Å². The maximum absolute atomic E-state index is 12.9. The summed E-state index contributed by atoms with van der Waals surface area (Å²) in [5.74, 6) is -2.37. The number of furan rings is 1. The molecule has 3 nitrogen and oxygen atoms in total. The number of hydrogen-bond donors (Lipinski definition) is 2. The van der Waals surface area contributed by atoms with Gasteiger partial charge in [-0.15, -0.1) is 0 Å². The second-order valence-electron chi connectivity index (χ2n) is 4.25. The molecule has 2 N–H and O–H groups in total. The average Bonchev–Trinajstić information content (AvgIpc) is 2.66. The Morgan fingerprint density at radius 3 is 2.78 bits per heavy atom. The van der Waals surface area contributed by atoms with Crippen LogP contribution in [0.15, 0.2) is 28.7 Å². The second kappa shape index (κ2) is 5.04. The second-order valence-corrected chi connectivity index (χ2v) is 4.25. The van der Waals surface area contributed by atoms with Crippen molar-refractivity contribution in [2.24, 2.45) is 0 Å². The Hall–Kier alpha value is -1.46. The van der Waals surface area contributed by atoms with E-state index in [1.807, 2.05) is 24.3 Å². The van der Waals surface area contributed by atoms with Gasteiger partial charge in [-0.05, 0) is 13.0 Å². The van der Waals surface area contributed by atoms with Crippen molar-refractivity contribution in [3.63, 3.8) is 0 Å². The van der Waals surface area contributed by atoms with Crippen LogP contribution < -0.4 is 5.32 Å². The molecule has 0 aliphatic rings. The Balaban J connectivity index is 2.10. The van der Waals surface area contributed by atoms with Crippen LogP contribution in [0.25, 0.3) is 11.0 Å². The summed E-state index contributed by atoms with van der Waals surface area (Å²) < 4.78 is 31.3. The highest BCUT2D eigenvalue weighted by Crippen LogP contribution is 2.25. The Bertz CT molecular complexity index is 537. The maximum atomic E-state index is 12.9. The monoisotopic (exact) mass is 255 g/mol. The largest absolute Gasteiger partial charge is 0.461 e. The van der Waals surface area contributed by atoms with E-state index < -0.39 is 19.1 Å². The normalized spacial score (nSPS) is 12.2. The van der Waals surface area contributed by atoms with Gasteiger partial charge in [0.25, 0.3) is 5.92 Å². The van der Waals surface area contributed by atoms with Crippen molar-refractivity contribution in [1.82, 2.24) is 5.32 Å². The minimum absolute atomic E-state index is 0.290. The van der Waals surface area contributed by atoms with Gasteiger partial charge in [-0.1, -0.05) is 18.2 Å². The topological polar surface area (TPSA) is 45.4 Å². The number of halogens is 2. The van der Waals surface area contributed by atoms with E-state index in [0.717, 1.165) is 22.3 Å². The number of alkyl halides is 2. The standard InChI is InChI=1S/C13H15F2NO2/c1-9-11(6-16-7-13(14,15)8-17)10-4-2-3-5-12(10)18-9/h2-5,16-17H,6-8H2,1H3. The van der Waals surface area contributed by atoms with Gasteiger partial charge in [-0.2, -0.15) is 0 Å². The van der Waals surface area contributed by atoms with E-state index in [1.165, 1.54) is 0 Å². The smallest absolute Gasteiger partial charge is 0.282 e. The van der Waals surface area contributed by atoms with E-state index in [2.05, 4.69) is 5.32 Å². The fraction of sp³-hybridized carbons (Fsp3) is 0.385. The van der Waals surface area contributed by atoms with E-state index in [9.17, 15) is 8.78 Å². The van der Waals surface area contributed by atoms with E-state index in [0.29, 0.717) is 6.54 Å². The molecule has 0 fully saturated rings. The SMILES string of the molecule is Cc1oc2ccccc2c1CNCC(F)(F)CO. The van der Waals surface area contributed by atoms with Gasteiger partial charge in [-0.25, -0.2) is 8.78 Å². The molecular formula is C13H15F2NO2. The Morgan fingerprint density at radius 1 is 1.33 bits per heavy atom. The van der Waals surface area contributed by atoms with Crippen molar-refractivity contribution in [2.75, 3.05) is 13.2 Å². The lowest BCUT2D eigenvalue weighted by Gasteiger charge is -2.13. The van der Waals surface area contributed by atoms with Crippen LogP contribution in [-0.4, -0.2) is 24.2 Å². The van der Waals surface area contributed by atoms with Gasteiger partial charge in [0.1, 0.15) is 18.0 Å². The fourth-order valence-corrected chi connectivity index (χ4v) is 1.87. The Labute approximate surface area is 103 Å². The van der Waals surface area contributed by atoms with Gasteiger partial charge >= 0.3 is 0 Å². The van der Waals surface area contributed by atoms with Crippen molar-refractivity contribution < 1.29 is 18.3 Å². The molecule has 0 bridgehead atoms. The molecular weight excluding hydrogens is 240 g/mol. The number of para-hydroxylation sites is 1. The first-order valence-electron chi connectivity index (χ1n) is 5.70. The average molecular weight is 255 g/mol. The fourth-order valence-electron chi connectivity index (χ4n) is 1.87. The molecule has 0 amide bonds. The summed E-state index contributed by atoms with van der Waals surface area (Å²) in [6.07, 6.45) is 0. The molecule has 0 radical (unpaired) electrons. The summed E-state index contributed by atoms with van der Waals surface area (Å²) in [6, 6.07) is 7.48. The van der Waals surface area contributed by atoms with Crippen LogP contribution >= 0.6 is 0 Å². The van der Waals surface area contributed by atoms with Crippen molar-refractivity contribution in [2.45, 2.75) is 19.4 Å². The number of hydrogen-bond acceptors (Lipinski definition) is 3. The lowest BCUT2D eigenvalue weighted by molar-refractivity contribution is -0.0477. The van der Waals surface area contributed by atoms with Gasteiger partial charge in [0.15, 0.2) is 0 Å². The number of aliphatic hydroxyl groups excluding tert-OH is 1. The summed E-state index contributed by atoms with van der Waals surface area (Å²) >= 11 is 0. The zero-order chi connectivity index (χ0) is 13.2. The van der Waals surface area contributed by atoms with Crippen LogP contribution in [0.4, 0.5) is 8.78 Å². The molecule has 0 unspecified atom stereocenters. The molecule has 2 aromatic rings. The number of aliphatic hydroxyl groups is 1. The molecule has 18 heavy (non-hydrogen) atoms. The number of benzene rings is 1. The summed E-state index contributed by atoms with van der Waals surface area (Å²) in [5, 5.41) is 12.0. The third kappa shape index (κ3) is 2.68. The third-order valence-electron chi connectivity index (χ3n) is 2.82. The van der Waals surface area contributed by atoms with E-state index in [-0.39, 0.29) is 0 Å². The predicted octanol–water partition coefficient (Wildman–Crippen LogP) is 2.46. The number of rotatable bonds is 5. The first kappa shape index (κ1) is 13.0. The molecule has 0 atom stereocenters. The molecule has 0 aliphatic heterocycles. The maximum Gasteiger partial charge on any atom is 0.282 e. The van der Waals surface area contributed by atoms with E-state index in [4.69, 9.17) is 9.52 Å². The van der Waals surface area contributed by atoms with Gasteiger partial charge < -0.3 is 14.8 Å². The van der Waals surface area contributed by atoms with Crippen LogP contribution in [0.5, 0.6) is 0 Å². The quantitative estimate of drug-likeness (QED) is 0.862. The first-order valence-corrected chi connectivity index (χ1v) is 5.70. The molecule has 1 aromatic heterocycles. The Kier molecular flexibility index (Phi) is 3.63. The number of fused-ring (bicyclic) bond motifs is 1. The predicted molar refractivity (Wildman–Crippen MR) is 64.7 cm³/mol. The minimum Gasteiger partial charge on any atom is -0.461 e. The van der Waals surface area contributed by atoms with Crippen molar-refractivity contribution >= 4 is 11.0 Å². The zero-order valence-electron chi connectivity index (χ0n) is 10.0. The molecule has 0 saturated heterocycles. The molecule has 98 valence electrons. The summed E-state index contributed by atoms with van der Waals surface area (Å²) in [4.78, 5) is 0. The third-order valence-corrected chi connectivity index (χ3v) is 2.82. The number of nitrogens with one attached hydrogen (secondary N) is 1. The molecule has 2 rings (SSSR count). The van der Waals surface area contributed by atoms with Crippen LogP contribution in [0.1, 0.15) is 11.3 Å². The van der Waals surface area contributed by atoms with Gasteiger partial charge in [0.05, 0.1) is 6.54 Å². The summed E-state index contributed by atoms with van der Waals surface area (Å²) in [6.45, 7) is 0.396. The number of aryl methyl sites for hydroxylation is 1. The highest BCUT2D eigenvalue weighted by atomic mass is 19.3. The highest BCUT2D eigenvalue weighted by Gasteiger charge is 2.27. The van der Waals surface area contributed by atoms with Gasteiger partial charge in [0.2, 0.25) is 0 Å². The van der Waals surface area contributed by atoms with E-state index in [1.54, 1.807) is 6.92 Å². The lowest BCUT2D eigenvalue weighted by Crippen LogP contribution is -2.35. The molecule has 5 heteroatoms. The molecule has 0 aliphatic carbocycles. The molecule has 1 aromatic carbocycles. The molecule has 1 heterocycles. The van der Waals surface area contributed by atoms with Gasteiger partial charge in [-0.3, -0.25) is 0 Å². The van der Waals surface area contributed by atoms with E-state index >= 15 is 0 Å². The summed E-state index contributed by atoms with van der Waals surface area (Å²) in [5.41, 5.74) is 1.63. The first-order chi connectivity index (χ1) is 8.53. The van der Waals surface area contributed by atoms with Crippen molar-refractivity contribution in [3.8, 4) is 0 Å². The van der Waals surface area contributed by atoms with Crippen LogP contribution in [0, 0.1) is 6.92 Å². The van der Waals surface area contributed by atoms with Gasteiger partial charge in [0, 0.05) is 17.5 Å². The van der Waals surface area contributed by atoms with Crippen molar-refractivity contribution in [3.05, 3.63) is 35.6 Å².